The van der Waals surface area contributed by atoms with Gasteiger partial charge >= 0.3 is 0 Å². The lowest BCUT2D eigenvalue weighted by Crippen LogP contribution is -2.13. The monoisotopic (exact) mass is 194 g/mol. The molecule has 1 aromatic rings. The molecule has 0 spiro atoms. The molecule has 1 aromatic heterocycles. The van der Waals surface area contributed by atoms with E-state index in [2.05, 4.69) is 34.3 Å². The fraction of sp³-hybridized carbons (Fsp3) is 0.600. The molecule has 0 aromatic carbocycles. The predicted molar refractivity (Wildman–Crippen MR) is 58.5 cm³/mol. The summed E-state index contributed by atoms with van der Waals surface area (Å²) in [5.41, 5.74) is 1.20. The lowest BCUT2D eigenvalue weighted by atomic mass is 10.2. The Morgan fingerprint density at radius 2 is 1.93 bits per heavy atom. The van der Waals surface area contributed by atoms with Gasteiger partial charge in [-0.1, -0.05) is 0 Å². The van der Waals surface area contributed by atoms with Gasteiger partial charge in [0.1, 0.15) is 0 Å². The van der Waals surface area contributed by atoms with Crippen LogP contribution in [0, 0.1) is 0 Å². The van der Waals surface area contributed by atoms with E-state index in [0.717, 1.165) is 19.4 Å². The molecule has 0 aliphatic heterocycles. The van der Waals surface area contributed by atoms with Gasteiger partial charge in [-0.05, 0) is 39.0 Å². The van der Waals surface area contributed by atoms with Crippen LogP contribution < -0.4 is 5.32 Å². The summed E-state index contributed by atoms with van der Waals surface area (Å²) in [7, 11) is 5.99. The van der Waals surface area contributed by atoms with E-state index >= 15 is 0 Å². The summed E-state index contributed by atoms with van der Waals surface area (Å²) in [6.07, 6.45) is 5.96. The Morgan fingerprint density at radius 3 is 2.43 bits per heavy atom. The molecule has 0 unspecified atom stereocenters. The van der Waals surface area contributed by atoms with Crippen molar-refractivity contribution in [1.82, 2.24) is 14.9 Å². The number of aryl methyl sites for hydroxylation is 1. The number of aromatic nitrogens is 2. The minimum Gasteiger partial charge on any atom is -0.357 e. The summed E-state index contributed by atoms with van der Waals surface area (Å²) in [5, 5.41) is 2.90. The van der Waals surface area contributed by atoms with Crippen LogP contribution in [0.3, 0.4) is 0 Å². The van der Waals surface area contributed by atoms with Gasteiger partial charge in [0, 0.05) is 19.4 Å². The maximum absolute atomic E-state index is 4.16. The Kier molecular flexibility index (Phi) is 4.32. The molecule has 0 bridgehead atoms. The molecule has 0 radical (unpaired) electrons. The Bertz CT molecular complexity index is 255. The molecule has 78 valence electrons. The van der Waals surface area contributed by atoms with Crippen LogP contribution in [0.5, 0.6) is 0 Å². The SMILES string of the molecule is CNc1ncc(CCCN(C)C)cn1. The van der Waals surface area contributed by atoms with Gasteiger partial charge in [0.05, 0.1) is 0 Å². The van der Waals surface area contributed by atoms with Gasteiger partial charge in [0.25, 0.3) is 0 Å². The van der Waals surface area contributed by atoms with Gasteiger partial charge in [-0.15, -0.1) is 0 Å². The van der Waals surface area contributed by atoms with Gasteiger partial charge in [0.15, 0.2) is 0 Å². The van der Waals surface area contributed by atoms with Crippen molar-refractivity contribution in [3.63, 3.8) is 0 Å². The average Bonchev–Trinajstić information content (AvgIpc) is 2.18. The zero-order valence-electron chi connectivity index (χ0n) is 9.12. The molecule has 4 nitrogen and oxygen atoms in total. The first-order chi connectivity index (χ1) is 6.72. The van der Waals surface area contributed by atoms with Crippen molar-refractivity contribution in [2.45, 2.75) is 12.8 Å². The zero-order valence-corrected chi connectivity index (χ0v) is 9.12. The third-order valence-electron chi connectivity index (χ3n) is 2.00. The largest absolute Gasteiger partial charge is 0.357 e. The van der Waals surface area contributed by atoms with Gasteiger partial charge in [-0.3, -0.25) is 0 Å². The molecule has 0 aliphatic rings. The van der Waals surface area contributed by atoms with E-state index in [0.29, 0.717) is 5.95 Å². The number of rotatable bonds is 5. The summed E-state index contributed by atoms with van der Waals surface area (Å²) in [6.45, 7) is 1.10. The minimum absolute atomic E-state index is 0.682. The molecule has 0 atom stereocenters. The van der Waals surface area contributed by atoms with Crippen molar-refractivity contribution in [3.05, 3.63) is 18.0 Å². The Labute approximate surface area is 85.4 Å². The second-order valence-corrected chi connectivity index (χ2v) is 3.57. The number of anilines is 1. The second-order valence-electron chi connectivity index (χ2n) is 3.57. The fourth-order valence-electron chi connectivity index (χ4n) is 1.21. The first-order valence-corrected chi connectivity index (χ1v) is 4.86. The highest BCUT2D eigenvalue weighted by Gasteiger charge is 1.96. The van der Waals surface area contributed by atoms with Crippen molar-refractivity contribution < 1.29 is 0 Å². The van der Waals surface area contributed by atoms with Crippen LogP contribution in [0.4, 0.5) is 5.95 Å². The fourth-order valence-corrected chi connectivity index (χ4v) is 1.21. The highest BCUT2D eigenvalue weighted by atomic mass is 15.1. The van der Waals surface area contributed by atoms with Crippen molar-refractivity contribution in [2.75, 3.05) is 33.0 Å². The Hall–Kier alpha value is -1.16. The average molecular weight is 194 g/mol. The molecule has 1 N–H and O–H groups in total. The quantitative estimate of drug-likeness (QED) is 0.759. The Balaban J connectivity index is 2.36. The van der Waals surface area contributed by atoms with Crippen molar-refractivity contribution in [1.29, 1.82) is 0 Å². The summed E-state index contributed by atoms with van der Waals surface area (Å²) in [4.78, 5) is 10.5. The molecule has 4 heteroatoms. The molecule has 1 heterocycles. The number of hydrogen-bond acceptors (Lipinski definition) is 4. The van der Waals surface area contributed by atoms with E-state index < -0.39 is 0 Å². The highest BCUT2D eigenvalue weighted by Crippen LogP contribution is 2.02. The second kappa shape index (κ2) is 5.54. The van der Waals surface area contributed by atoms with Crippen LogP contribution in [-0.4, -0.2) is 42.6 Å². The van der Waals surface area contributed by atoms with Crippen LogP contribution >= 0.6 is 0 Å². The summed E-state index contributed by atoms with van der Waals surface area (Å²) in [6, 6.07) is 0. The first-order valence-electron chi connectivity index (χ1n) is 4.86. The van der Waals surface area contributed by atoms with E-state index in [1.165, 1.54) is 5.56 Å². The van der Waals surface area contributed by atoms with Crippen molar-refractivity contribution in [2.24, 2.45) is 0 Å². The van der Waals surface area contributed by atoms with Gasteiger partial charge in [0.2, 0.25) is 5.95 Å². The van der Waals surface area contributed by atoms with Gasteiger partial charge in [-0.25, -0.2) is 9.97 Å². The number of nitrogens with one attached hydrogen (secondary N) is 1. The van der Waals surface area contributed by atoms with E-state index in [1.54, 1.807) is 0 Å². The summed E-state index contributed by atoms with van der Waals surface area (Å²) < 4.78 is 0. The van der Waals surface area contributed by atoms with Crippen LogP contribution in [0.25, 0.3) is 0 Å². The van der Waals surface area contributed by atoms with Crippen LogP contribution in [0.1, 0.15) is 12.0 Å². The summed E-state index contributed by atoms with van der Waals surface area (Å²) in [5.74, 6) is 0.682. The molecule has 0 amide bonds. The Morgan fingerprint density at radius 1 is 1.29 bits per heavy atom. The van der Waals surface area contributed by atoms with Crippen LogP contribution in [0.15, 0.2) is 12.4 Å². The smallest absolute Gasteiger partial charge is 0.222 e. The molecule has 1 rings (SSSR count). The molecular formula is C10H18N4. The van der Waals surface area contributed by atoms with E-state index in [1.807, 2.05) is 19.4 Å². The number of nitrogens with zero attached hydrogens (tertiary/aromatic N) is 3. The van der Waals surface area contributed by atoms with Gasteiger partial charge < -0.3 is 10.2 Å². The van der Waals surface area contributed by atoms with Crippen LogP contribution in [-0.2, 0) is 6.42 Å². The zero-order chi connectivity index (χ0) is 10.4. The normalized spacial score (nSPS) is 10.6. The van der Waals surface area contributed by atoms with E-state index in [4.69, 9.17) is 0 Å². The van der Waals surface area contributed by atoms with Crippen molar-refractivity contribution in [3.8, 4) is 0 Å². The topological polar surface area (TPSA) is 41.1 Å². The maximum Gasteiger partial charge on any atom is 0.222 e. The van der Waals surface area contributed by atoms with Crippen molar-refractivity contribution >= 4 is 5.95 Å². The molecule has 0 saturated carbocycles. The number of hydrogen-bond donors (Lipinski definition) is 1. The van der Waals surface area contributed by atoms with E-state index in [9.17, 15) is 0 Å². The van der Waals surface area contributed by atoms with Gasteiger partial charge in [-0.2, -0.15) is 0 Å². The van der Waals surface area contributed by atoms with Crippen LogP contribution in [0.2, 0.25) is 0 Å². The first kappa shape index (κ1) is 10.9. The molecule has 0 fully saturated rings. The minimum atomic E-state index is 0.682. The molecular weight excluding hydrogens is 176 g/mol. The predicted octanol–water partition coefficient (Wildman–Crippen LogP) is 1.01. The van der Waals surface area contributed by atoms with E-state index in [-0.39, 0.29) is 0 Å². The lowest BCUT2D eigenvalue weighted by molar-refractivity contribution is 0.400. The summed E-state index contributed by atoms with van der Waals surface area (Å²) >= 11 is 0. The lowest BCUT2D eigenvalue weighted by Gasteiger charge is -2.08. The molecule has 0 aliphatic carbocycles. The maximum atomic E-state index is 4.16. The molecule has 0 saturated heterocycles. The highest BCUT2D eigenvalue weighted by molar-refractivity contribution is 5.23. The third-order valence-corrected chi connectivity index (χ3v) is 2.00. The standard InChI is InChI=1S/C10H18N4/c1-11-10-12-7-9(8-13-10)5-4-6-14(2)3/h7-8H,4-6H2,1-3H3,(H,11,12,13). The molecule has 14 heavy (non-hydrogen) atoms. The third kappa shape index (κ3) is 3.70.